The van der Waals surface area contributed by atoms with Crippen LogP contribution in [0.5, 0.6) is 17.2 Å². The van der Waals surface area contributed by atoms with E-state index in [0.717, 1.165) is 48.5 Å². The fraction of sp³-hybridized carbons (Fsp3) is 0.500. The Kier molecular flexibility index (Phi) is 6.72. The van der Waals surface area contributed by atoms with Gasteiger partial charge in [-0.15, -0.1) is 0 Å². The first-order valence-electron chi connectivity index (χ1n) is 11.6. The number of ether oxygens (including phenoxy) is 2. The summed E-state index contributed by atoms with van der Waals surface area (Å²) in [5.74, 6) is 1.57. The van der Waals surface area contributed by atoms with Gasteiger partial charge in [-0.05, 0) is 69.5 Å². The Morgan fingerprint density at radius 3 is 2.50 bits per heavy atom. The maximum absolute atomic E-state index is 10.9. The SMILES string of the molecule is CCOc1ccc(C2=NC3(CCN(C(C)C)CC3)NC(c3cccc(OC)c3O)C2)cc1. The number of benzene rings is 2. The summed E-state index contributed by atoms with van der Waals surface area (Å²) in [6.45, 7) is 9.14. The van der Waals surface area contributed by atoms with Crippen LogP contribution in [0, 0.1) is 0 Å². The number of nitrogens with zero attached hydrogens (tertiary/aromatic N) is 2. The van der Waals surface area contributed by atoms with Crippen molar-refractivity contribution in [1.82, 2.24) is 10.2 Å². The first-order valence-corrected chi connectivity index (χ1v) is 11.6. The van der Waals surface area contributed by atoms with Crippen molar-refractivity contribution < 1.29 is 14.6 Å². The Morgan fingerprint density at radius 1 is 1.16 bits per heavy atom. The van der Waals surface area contributed by atoms with Crippen molar-refractivity contribution in [2.45, 2.75) is 57.8 Å². The fourth-order valence-corrected chi connectivity index (χ4v) is 4.84. The lowest BCUT2D eigenvalue weighted by Gasteiger charge is -2.46. The van der Waals surface area contributed by atoms with Gasteiger partial charge in [-0.1, -0.05) is 12.1 Å². The normalized spacial score (nSPS) is 20.9. The summed E-state index contributed by atoms with van der Waals surface area (Å²) >= 11 is 0. The van der Waals surface area contributed by atoms with E-state index in [1.165, 1.54) is 0 Å². The zero-order valence-corrected chi connectivity index (χ0v) is 19.6. The predicted molar refractivity (Wildman–Crippen MR) is 128 cm³/mol. The van der Waals surface area contributed by atoms with Gasteiger partial charge in [0.15, 0.2) is 11.5 Å². The van der Waals surface area contributed by atoms with E-state index in [0.29, 0.717) is 24.8 Å². The number of hydrogen-bond donors (Lipinski definition) is 2. The van der Waals surface area contributed by atoms with Crippen molar-refractivity contribution in [2.75, 3.05) is 26.8 Å². The van der Waals surface area contributed by atoms with E-state index in [2.05, 4.69) is 36.2 Å². The van der Waals surface area contributed by atoms with Gasteiger partial charge in [0.05, 0.1) is 13.7 Å². The van der Waals surface area contributed by atoms with Crippen LogP contribution in [-0.4, -0.2) is 54.2 Å². The smallest absolute Gasteiger partial charge is 0.162 e. The van der Waals surface area contributed by atoms with Crippen molar-refractivity contribution in [3.8, 4) is 17.2 Å². The molecule has 0 saturated carbocycles. The number of likely N-dealkylation sites (tertiary alicyclic amines) is 1. The van der Waals surface area contributed by atoms with Gasteiger partial charge in [-0.3, -0.25) is 10.3 Å². The Bertz CT molecular complexity index is 947. The highest BCUT2D eigenvalue weighted by atomic mass is 16.5. The lowest BCUT2D eigenvalue weighted by Crippen LogP contribution is -2.56. The molecule has 1 spiro atoms. The monoisotopic (exact) mass is 437 g/mol. The quantitative estimate of drug-likeness (QED) is 0.695. The third kappa shape index (κ3) is 4.62. The zero-order valence-electron chi connectivity index (χ0n) is 19.6. The van der Waals surface area contributed by atoms with Gasteiger partial charge < -0.3 is 19.5 Å². The van der Waals surface area contributed by atoms with E-state index in [4.69, 9.17) is 14.5 Å². The molecule has 4 rings (SSSR count). The number of aliphatic imine (C=N–C) groups is 1. The van der Waals surface area contributed by atoms with Gasteiger partial charge in [0.2, 0.25) is 0 Å². The second-order valence-electron chi connectivity index (χ2n) is 8.98. The summed E-state index contributed by atoms with van der Waals surface area (Å²) in [5, 5.41) is 14.7. The Balaban J connectivity index is 1.69. The molecule has 32 heavy (non-hydrogen) atoms. The standard InChI is InChI=1S/C26H35N3O3/c1-5-32-20-11-9-19(10-12-20)22-17-23(21-7-6-8-24(31-4)25(21)30)28-26(27-22)13-15-29(16-14-26)18(2)3/h6-12,18,23,28,30H,5,13-17H2,1-4H3. The van der Waals surface area contributed by atoms with E-state index >= 15 is 0 Å². The average Bonchev–Trinajstić information content (AvgIpc) is 2.80. The van der Waals surface area contributed by atoms with Crippen molar-refractivity contribution in [3.63, 3.8) is 0 Å². The summed E-state index contributed by atoms with van der Waals surface area (Å²) in [4.78, 5) is 7.79. The third-order valence-electron chi connectivity index (χ3n) is 6.67. The number of para-hydroxylation sites is 1. The molecule has 0 amide bonds. The van der Waals surface area contributed by atoms with Gasteiger partial charge in [0.25, 0.3) is 0 Å². The van der Waals surface area contributed by atoms with Crippen LogP contribution in [-0.2, 0) is 0 Å². The van der Waals surface area contributed by atoms with Gasteiger partial charge in [0.1, 0.15) is 11.4 Å². The van der Waals surface area contributed by atoms with Crippen molar-refractivity contribution in [2.24, 2.45) is 4.99 Å². The van der Waals surface area contributed by atoms with Crippen LogP contribution >= 0.6 is 0 Å². The number of phenols is 1. The topological polar surface area (TPSA) is 66.3 Å². The largest absolute Gasteiger partial charge is 0.504 e. The highest BCUT2D eigenvalue weighted by Crippen LogP contribution is 2.40. The van der Waals surface area contributed by atoms with Crippen LogP contribution in [0.2, 0.25) is 0 Å². The molecule has 2 aromatic rings. The minimum absolute atomic E-state index is 0.0465. The molecule has 6 heteroatoms. The molecule has 0 bridgehead atoms. The fourth-order valence-electron chi connectivity index (χ4n) is 4.84. The van der Waals surface area contributed by atoms with Crippen LogP contribution in [0.1, 0.15) is 57.2 Å². The molecule has 1 fully saturated rings. The molecule has 2 N–H and O–H groups in total. The first kappa shape index (κ1) is 22.6. The second-order valence-corrected chi connectivity index (χ2v) is 8.98. The van der Waals surface area contributed by atoms with Gasteiger partial charge in [-0.25, -0.2) is 0 Å². The zero-order chi connectivity index (χ0) is 22.7. The molecule has 0 aromatic heterocycles. The van der Waals surface area contributed by atoms with Gasteiger partial charge in [0, 0.05) is 42.9 Å². The average molecular weight is 438 g/mol. The molecule has 2 aliphatic heterocycles. The number of methoxy groups -OCH3 is 1. The highest BCUT2D eigenvalue weighted by Gasteiger charge is 2.41. The molecule has 1 unspecified atom stereocenters. The van der Waals surface area contributed by atoms with Crippen LogP contribution in [0.3, 0.4) is 0 Å². The number of aromatic hydroxyl groups is 1. The summed E-state index contributed by atoms with van der Waals surface area (Å²) in [6, 6.07) is 14.4. The number of nitrogens with one attached hydrogen (secondary N) is 1. The van der Waals surface area contributed by atoms with Crippen molar-refractivity contribution >= 4 is 5.71 Å². The predicted octanol–water partition coefficient (Wildman–Crippen LogP) is 4.52. The molecule has 0 radical (unpaired) electrons. The van der Waals surface area contributed by atoms with Crippen molar-refractivity contribution in [3.05, 3.63) is 53.6 Å². The summed E-state index contributed by atoms with van der Waals surface area (Å²) in [7, 11) is 1.59. The Hall–Kier alpha value is -2.57. The molecule has 6 nitrogen and oxygen atoms in total. The summed E-state index contributed by atoms with van der Waals surface area (Å²) in [5.41, 5.74) is 2.69. The van der Waals surface area contributed by atoms with Crippen LogP contribution < -0.4 is 14.8 Å². The molecule has 2 aliphatic rings. The maximum Gasteiger partial charge on any atom is 0.162 e. The van der Waals surface area contributed by atoms with E-state index in [-0.39, 0.29) is 17.5 Å². The van der Waals surface area contributed by atoms with Crippen LogP contribution in [0.25, 0.3) is 0 Å². The number of phenolic OH excluding ortho intramolecular Hbond substituents is 1. The lowest BCUT2D eigenvalue weighted by molar-refractivity contribution is 0.103. The Morgan fingerprint density at radius 2 is 1.88 bits per heavy atom. The van der Waals surface area contributed by atoms with Crippen LogP contribution in [0.15, 0.2) is 47.5 Å². The number of hydrogen-bond acceptors (Lipinski definition) is 6. The number of rotatable bonds is 6. The molecule has 2 aromatic carbocycles. The highest BCUT2D eigenvalue weighted by molar-refractivity contribution is 6.02. The van der Waals surface area contributed by atoms with E-state index in [1.807, 2.05) is 31.2 Å². The van der Waals surface area contributed by atoms with Crippen LogP contribution in [0.4, 0.5) is 0 Å². The molecular weight excluding hydrogens is 402 g/mol. The minimum Gasteiger partial charge on any atom is -0.504 e. The van der Waals surface area contributed by atoms with E-state index in [9.17, 15) is 5.11 Å². The first-order chi connectivity index (χ1) is 15.4. The molecular formula is C26H35N3O3. The van der Waals surface area contributed by atoms with E-state index in [1.54, 1.807) is 13.2 Å². The van der Waals surface area contributed by atoms with Gasteiger partial charge in [-0.2, -0.15) is 0 Å². The maximum atomic E-state index is 10.9. The lowest BCUT2D eigenvalue weighted by atomic mass is 9.87. The molecule has 2 heterocycles. The number of piperidine rings is 1. The summed E-state index contributed by atoms with van der Waals surface area (Å²) in [6.07, 6.45) is 2.57. The second kappa shape index (κ2) is 9.51. The molecule has 1 atom stereocenters. The Labute approximate surface area is 191 Å². The van der Waals surface area contributed by atoms with E-state index < -0.39 is 0 Å². The minimum atomic E-state index is -0.336. The molecule has 172 valence electrons. The third-order valence-corrected chi connectivity index (χ3v) is 6.67. The van der Waals surface area contributed by atoms with Gasteiger partial charge >= 0.3 is 0 Å². The molecule has 0 aliphatic carbocycles. The molecule has 1 saturated heterocycles. The van der Waals surface area contributed by atoms with Crippen molar-refractivity contribution in [1.29, 1.82) is 0 Å². The summed E-state index contributed by atoms with van der Waals surface area (Å²) < 4.78 is 11.0.